The Balaban J connectivity index is 1.84. The van der Waals surface area contributed by atoms with Gasteiger partial charge in [-0.1, -0.05) is 85.6 Å². The Morgan fingerprint density at radius 2 is 1.61 bits per heavy atom. The first-order valence-corrected chi connectivity index (χ1v) is 12.5. The van der Waals surface area contributed by atoms with Crippen LogP contribution in [0.1, 0.15) is 49.3 Å². The van der Waals surface area contributed by atoms with E-state index in [9.17, 15) is 15.3 Å². The van der Waals surface area contributed by atoms with Gasteiger partial charge < -0.3 is 5.11 Å². The molecule has 0 saturated carbocycles. The van der Waals surface area contributed by atoms with Gasteiger partial charge >= 0.3 is 0 Å². The van der Waals surface area contributed by atoms with Crippen LogP contribution < -0.4 is 4.90 Å². The van der Waals surface area contributed by atoms with Crippen LogP contribution in [0.25, 0.3) is 5.76 Å². The Labute approximate surface area is 217 Å². The lowest BCUT2D eigenvalue weighted by molar-refractivity contribution is -0.118. The highest BCUT2D eigenvalue weighted by atomic mass is 35.5. The van der Waals surface area contributed by atoms with E-state index < -0.39 is 5.92 Å². The fourth-order valence-electron chi connectivity index (χ4n) is 5.34. The Bertz CT molecular complexity index is 1400. The first-order chi connectivity index (χ1) is 17.2. The van der Waals surface area contributed by atoms with Gasteiger partial charge in [-0.05, 0) is 48.6 Å². The van der Waals surface area contributed by atoms with Gasteiger partial charge in [0.2, 0.25) is 0 Å². The highest BCUT2D eigenvalue weighted by molar-refractivity contribution is 6.30. The van der Waals surface area contributed by atoms with Gasteiger partial charge in [0.15, 0.2) is 5.78 Å². The molecule has 3 aromatic rings. The van der Waals surface area contributed by atoms with Crippen LogP contribution in [0.2, 0.25) is 5.02 Å². The highest BCUT2D eigenvalue weighted by Crippen LogP contribution is 2.51. The lowest BCUT2D eigenvalue weighted by atomic mass is 9.67. The molecule has 2 aliphatic rings. The SMILES string of the molecule is Cc1ccc(/C(O)=C2\C(=N)N(c3ccc(Cl)cc3)C3=C(C(=O)CC(C)(C)C3)C2c2ccccc2)cc1. The van der Waals surface area contributed by atoms with E-state index in [4.69, 9.17) is 11.6 Å². The summed E-state index contributed by atoms with van der Waals surface area (Å²) >= 11 is 6.18. The number of Topliss-reactive ketones (excluding diaryl/α,β-unsaturated/α-hetero) is 1. The maximum atomic E-state index is 13.8. The maximum absolute atomic E-state index is 13.8. The van der Waals surface area contributed by atoms with Crippen LogP contribution in [0.5, 0.6) is 0 Å². The number of nitrogens with one attached hydrogen (secondary N) is 1. The molecule has 1 aliphatic carbocycles. The minimum Gasteiger partial charge on any atom is -0.507 e. The van der Waals surface area contributed by atoms with E-state index in [2.05, 4.69) is 13.8 Å². The molecule has 3 aromatic carbocycles. The van der Waals surface area contributed by atoms with Crippen molar-refractivity contribution in [2.24, 2.45) is 5.41 Å². The van der Waals surface area contributed by atoms with Crippen molar-refractivity contribution in [2.45, 2.75) is 39.5 Å². The number of aryl methyl sites for hydroxylation is 1. The van der Waals surface area contributed by atoms with Crippen LogP contribution in [0, 0.1) is 17.7 Å². The molecule has 0 fully saturated rings. The second kappa shape index (κ2) is 9.11. The number of hydrogen-bond acceptors (Lipinski definition) is 3. The van der Waals surface area contributed by atoms with E-state index in [0.29, 0.717) is 34.6 Å². The van der Waals surface area contributed by atoms with Crippen LogP contribution in [0.15, 0.2) is 95.7 Å². The van der Waals surface area contributed by atoms with Crippen molar-refractivity contribution >= 4 is 34.7 Å². The van der Waals surface area contributed by atoms with Crippen molar-refractivity contribution in [3.63, 3.8) is 0 Å². The summed E-state index contributed by atoms with van der Waals surface area (Å²) in [4.78, 5) is 15.7. The van der Waals surface area contributed by atoms with Gasteiger partial charge in [-0.2, -0.15) is 0 Å². The lowest BCUT2D eigenvalue weighted by Gasteiger charge is -2.45. The number of rotatable bonds is 3. The summed E-state index contributed by atoms with van der Waals surface area (Å²) in [6, 6.07) is 24.6. The molecule has 1 aliphatic heterocycles. The molecule has 5 heteroatoms. The number of ketones is 1. The normalized spacial score (nSPS) is 20.9. The largest absolute Gasteiger partial charge is 0.507 e. The van der Waals surface area contributed by atoms with Crippen LogP contribution in [-0.4, -0.2) is 16.7 Å². The highest BCUT2D eigenvalue weighted by Gasteiger charge is 2.46. The fraction of sp³-hybridized carbons (Fsp3) is 0.226. The van der Waals surface area contributed by atoms with Gasteiger partial charge in [-0.25, -0.2) is 0 Å². The van der Waals surface area contributed by atoms with Crippen LogP contribution in [0.3, 0.4) is 0 Å². The van der Waals surface area contributed by atoms with Gasteiger partial charge in [0.05, 0.1) is 0 Å². The van der Waals surface area contributed by atoms with Crippen molar-refractivity contribution in [3.8, 4) is 0 Å². The van der Waals surface area contributed by atoms with E-state index in [1.165, 1.54) is 0 Å². The molecule has 0 saturated heterocycles. The van der Waals surface area contributed by atoms with Crippen molar-refractivity contribution in [1.29, 1.82) is 5.41 Å². The minimum atomic E-state index is -0.540. The number of carbonyl (C=O) groups is 1. The summed E-state index contributed by atoms with van der Waals surface area (Å²) in [6.07, 6.45) is 1.05. The molecule has 2 N–H and O–H groups in total. The summed E-state index contributed by atoms with van der Waals surface area (Å²) < 4.78 is 0. The zero-order valence-corrected chi connectivity index (χ0v) is 21.4. The predicted octanol–water partition coefficient (Wildman–Crippen LogP) is 7.84. The number of nitrogens with zero attached hydrogens (tertiary/aromatic N) is 1. The van der Waals surface area contributed by atoms with Crippen molar-refractivity contribution in [1.82, 2.24) is 0 Å². The van der Waals surface area contributed by atoms with Gasteiger partial charge in [0.25, 0.3) is 0 Å². The van der Waals surface area contributed by atoms with E-state index in [-0.39, 0.29) is 22.8 Å². The van der Waals surface area contributed by atoms with Crippen LogP contribution >= 0.6 is 11.6 Å². The third-order valence-corrected chi connectivity index (χ3v) is 7.27. The Kier molecular flexibility index (Phi) is 6.09. The lowest BCUT2D eigenvalue weighted by Crippen LogP contribution is -2.45. The molecule has 5 rings (SSSR count). The molecule has 182 valence electrons. The molecule has 0 amide bonds. The molecule has 0 radical (unpaired) electrons. The summed E-state index contributed by atoms with van der Waals surface area (Å²) in [5, 5.41) is 21.7. The molecule has 4 nitrogen and oxygen atoms in total. The van der Waals surface area contributed by atoms with Crippen molar-refractivity contribution in [2.75, 3.05) is 4.90 Å². The predicted molar refractivity (Wildman–Crippen MR) is 147 cm³/mol. The average molecular weight is 497 g/mol. The maximum Gasteiger partial charge on any atom is 0.162 e. The zero-order valence-electron chi connectivity index (χ0n) is 20.7. The van der Waals surface area contributed by atoms with Crippen molar-refractivity contribution in [3.05, 3.63) is 117 Å². The number of allylic oxidation sites excluding steroid dienone is 2. The number of hydrogen-bond donors (Lipinski definition) is 2. The van der Waals surface area contributed by atoms with Gasteiger partial charge in [-0.15, -0.1) is 0 Å². The van der Waals surface area contributed by atoms with Gasteiger partial charge in [-0.3, -0.25) is 15.1 Å². The topological polar surface area (TPSA) is 64.4 Å². The zero-order chi connectivity index (χ0) is 25.6. The molecule has 1 atom stereocenters. The van der Waals surface area contributed by atoms with Crippen LogP contribution in [-0.2, 0) is 4.79 Å². The Morgan fingerprint density at radius 1 is 0.972 bits per heavy atom. The van der Waals surface area contributed by atoms with Gasteiger partial charge in [0, 0.05) is 45.5 Å². The van der Waals surface area contributed by atoms with E-state index in [1.54, 1.807) is 12.1 Å². The first kappa shape index (κ1) is 24.1. The average Bonchev–Trinajstić information content (AvgIpc) is 2.84. The number of halogens is 1. The smallest absolute Gasteiger partial charge is 0.162 e. The fourth-order valence-corrected chi connectivity index (χ4v) is 5.46. The summed E-state index contributed by atoms with van der Waals surface area (Å²) in [6.45, 7) is 6.17. The van der Waals surface area contributed by atoms with Crippen LogP contribution in [0.4, 0.5) is 5.69 Å². The molecule has 1 heterocycles. The Morgan fingerprint density at radius 3 is 2.25 bits per heavy atom. The van der Waals surface area contributed by atoms with Gasteiger partial charge in [0.1, 0.15) is 11.6 Å². The molecular weight excluding hydrogens is 468 g/mol. The number of anilines is 1. The number of carbonyl (C=O) groups excluding carboxylic acids is 1. The summed E-state index contributed by atoms with van der Waals surface area (Å²) in [5.74, 6) is -0.316. The number of aliphatic hydroxyl groups is 1. The second-order valence-electron chi connectivity index (χ2n) is 10.4. The van der Waals surface area contributed by atoms with Crippen molar-refractivity contribution < 1.29 is 9.90 Å². The molecular formula is C31H29ClN2O2. The third kappa shape index (κ3) is 4.27. The third-order valence-electron chi connectivity index (χ3n) is 7.02. The Hall–Kier alpha value is -3.63. The quantitative estimate of drug-likeness (QED) is 0.363. The number of aliphatic hydroxyl groups excluding tert-OH is 1. The summed E-state index contributed by atoms with van der Waals surface area (Å²) in [7, 11) is 0. The standard InChI is InChI=1S/C31H29ClN2O2/c1-19-9-11-21(12-10-19)29(36)28-26(20-7-5-4-6-8-20)27-24(17-31(2,3)18-25(27)35)34(30(28)33)23-15-13-22(32)14-16-23/h4-16,26,33,36H,17-18H2,1-3H3/b29-28+,33-30?. The molecule has 0 bridgehead atoms. The first-order valence-electron chi connectivity index (χ1n) is 12.1. The van der Waals surface area contributed by atoms with E-state index in [0.717, 1.165) is 22.5 Å². The second-order valence-corrected chi connectivity index (χ2v) is 10.9. The van der Waals surface area contributed by atoms with E-state index in [1.807, 2.05) is 78.6 Å². The molecule has 0 spiro atoms. The summed E-state index contributed by atoms with van der Waals surface area (Å²) in [5.41, 5.74) is 4.96. The minimum absolute atomic E-state index is 0.0111. The number of amidine groups is 1. The molecule has 36 heavy (non-hydrogen) atoms. The van der Waals surface area contributed by atoms with E-state index >= 15 is 0 Å². The molecule has 0 aromatic heterocycles. The number of benzene rings is 3. The monoisotopic (exact) mass is 496 g/mol. The molecule has 1 unspecified atom stereocenters.